The molecule has 1 amide bonds. The van der Waals surface area contributed by atoms with Gasteiger partial charge in [0.15, 0.2) is 17.3 Å². The molecule has 0 radical (unpaired) electrons. The first-order chi connectivity index (χ1) is 13.6. The van der Waals surface area contributed by atoms with Crippen LogP contribution in [0.3, 0.4) is 0 Å². The van der Waals surface area contributed by atoms with E-state index in [-0.39, 0.29) is 5.91 Å². The number of aryl methyl sites for hydroxylation is 1. The minimum absolute atomic E-state index is 0.309. The van der Waals surface area contributed by atoms with Crippen molar-refractivity contribution in [2.45, 2.75) is 13.5 Å². The van der Waals surface area contributed by atoms with E-state index < -0.39 is 0 Å². The van der Waals surface area contributed by atoms with Gasteiger partial charge >= 0.3 is 0 Å². The SMILES string of the molecule is COc1ccc(C(=O)Nc2ccc(NCc3ccccc3C)nn2)cc1OC. The van der Waals surface area contributed by atoms with Crippen LogP contribution < -0.4 is 20.1 Å². The lowest BCUT2D eigenvalue weighted by molar-refractivity contribution is 0.102. The second kappa shape index (κ2) is 8.85. The minimum atomic E-state index is -0.309. The lowest BCUT2D eigenvalue weighted by Crippen LogP contribution is -2.14. The van der Waals surface area contributed by atoms with Crippen molar-refractivity contribution < 1.29 is 14.3 Å². The highest BCUT2D eigenvalue weighted by Gasteiger charge is 2.12. The number of nitrogens with zero attached hydrogens (tertiary/aromatic N) is 2. The molecule has 2 aromatic carbocycles. The number of nitrogens with one attached hydrogen (secondary N) is 2. The van der Waals surface area contributed by atoms with E-state index >= 15 is 0 Å². The molecule has 0 atom stereocenters. The number of carbonyl (C=O) groups is 1. The Bertz CT molecular complexity index is 958. The fraction of sp³-hybridized carbons (Fsp3) is 0.190. The molecule has 0 saturated carbocycles. The number of ether oxygens (including phenoxy) is 2. The van der Waals surface area contributed by atoms with E-state index in [1.807, 2.05) is 12.1 Å². The molecule has 0 unspecified atom stereocenters. The first-order valence-corrected chi connectivity index (χ1v) is 8.76. The molecular weight excluding hydrogens is 356 g/mol. The molecule has 3 rings (SSSR count). The van der Waals surface area contributed by atoms with Crippen molar-refractivity contribution >= 4 is 17.5 Å². The summed E-state index contributed by atoms with van der Waals surface area (Å²) in [5.74, 6) is 1.73. The fourth-order valence-electron chi connectivity index (χ4n) is 2.65. The lowest BCUT2D eigenvalue weighted by Gasteiger charge is -2.10. The van der Waals surface area contributed by atoms with E-state index in [9.17, 15) is 4.79 Å². The molecule has 2 N–H and O–H groups in total. The standard InChI is InChI=1S/C21H22N4O3/c1-14-6-4-5-7-16(14)13-22-19-10-11-20(25-24-19)23-21(26)15-8-9-17(27-2)18(12-15)28-3/h4-12H,13H2,1-3H3,(H,22,24)(H,23,25,26). The van der Waals surface area contributed by atoms with E-state index in [1.165, 1.54) is 18.2 Å². The predicted octanol–water partition coefficient (Wildman–Crippen LogP) is 3.67. The molecule has 0 aliphatic rings. The van der Waals surface area contributed by atoms with Crippen molar-refractivity contribution in [1.82, 2.24) is 10.2 Å². The highest BCUT2D eigenvalue weighted by atomic mass is 16.5. The summed E-state index contributed by atoms with van der Waals surface area (Å²) < 4.78 is 10.4. The number of hydrogen-bond acceptors (Lipinski definition) is 6. The number of rotatable bonds is 7. The van der Waals surface area contributed by atoms with Gasteiger partial charge in [0.1, 0.15) is 5.82 Å². The van der Waals surface area contributed by atoms with Crippen LogP contribution in [0, 0.1) is 6.92 Å². The largest absolute Gasteiger partial charge is 0.493 e. The molecule has 7 heteroatoms. The Morgan fingerprint density at radius 2 is 1.64 bits per heavy atom. The van der Waals surface area contributed by atoms with Crippen molar-refractivity contribution in [2.24, 2.45) is 0 Å². The van der Waals surface area contributed by atoms with E-state index in [1.54, 1.807) is 37.4 Å². The number of amides is 1. The summed E-state index contributed by atoms with van der Waals surface area (Å²) in [5.41, 5.74) is 2.83. The Labute approximate surface area is 163 Å². The molecule has 1 heterocycles. The van der Waals surface area contributed by atoms with E-state index in [2.05, 4.69) is 39.9 Å². The van der Waals surface area contributed by atoms with Gasteiger partial charge in [0.2, 0.25) is 0 Å². The topological polar surface area (TPSA) is 85.4 Å². The Morgan fingerprint density at radius 3 is 2.32 bits per heavy atom. The Balaban J connectivity index is 1.62. The van der Waals surface area contributed by atoms with Gasteiger partial charge in [-0.25, -0.2) is 0 Å². The summed E-state index contributed by atoms with van der Waals surface area (Å²) in [7, 11) is 3.07. The fourth-order valence-corrected chi connectivity index (χ4v) is 2.65. The van der Waals surface area contributed by atoms with Crippen LogP contribution in [0.1, 0.15) is 21.5 Å². The van der Waals surface area contributed by atoms with Crippen molar-refractivity contribution in [3.8, 4) is 11.5 Å². The number of benzene rings is 2. The Kier molecular flexibility index (Phi) is 6.06. The van der Waals surface area contributed by atoms with Gasteiger partial charge in [-0.05, 0) is 48.4 Å². The first kappa shape index (κ1) is 19.2. The summed E-state index contributed by atoms with van der Waals surface area (Å²) >= 11 is 0. The molecule has 0 aliphatic heterocycles. The average Bonchev–Trinajstić information content (AvgIpc) is 2.73. The van der Waals surface area contributed by atoms with Crippen LogP contribution >= 0.6 is 0 Å². The predicted molar refractivity (Wildman–Crippen MR) is 108 cm³/mol. The monoisotopic (exact) mass is 378 g/mol. The maximum absolute atomic E-state index is 12.4. The average molecular weight is 378 g/mol. The van der Waals surface area contributed by atoms with Gasteiger partial charge in [-0.15, -0.1) is 10.2 Å². The Morgan fingerprint density at radius 1 is 0.929 bits per heavy atom. The minimum Gasteiger partial charge on any atom is -0.493 e. The van der Waals surface area contributed by atoms with Crippen LogP contribution in [0.2, 0.25) is 0 Å². The Hall–Kier alpha value is -3.61. The lowest BCUT2D eigenvalue weighted by atomic mass is 10.1. The summed E-state index contributed by atoms with van der Waals surface area (Å²) in [4.78, 5) is 12.4. The van der Waals surface area contributed by atoms with Crippen molar-refractivity contribution in [1.29, 1.82) is 0 Å². The van der Waals surface area contributed by atoms with Gasteiger partial charge in [0.05, 0.1) is 14.2 Å². The molecule has 0 saturated heterocycles. The van der Waals surface area contributed by atoms with Gasteiger partial charge in [-0.1, -0.05) is 24.3 Å². The molecule has 0 bridgehead atoms. The van der Waals surface area contributed by atoms with Gasteiger partial charge in [0.25, 0.3) is 5.91 Å². The molecule has 0 spiro atoms. The molecular formula is C21H22N4O3. The number of anilines is 2. The maximum atomic E-state index is 12.4. The smallest absolute Gasteiger partial charge is 0.257 e. The summed E-state index contributed by atoms with van der Waals surface area (Å²) in [6, 6.07) is 16.6. The van der Waals surface area contributed by atoms with Gasteiger partial charge < -0.3 is 20.1 Å². The van der Waals surface area contributed by atoms with Crippen LogP contribution in [-0.4, -0.2) is 30.3 Å². The molecule has 7 nitrogen and oxygen atoms in total. The first-order valence-electron chi connectivity index (χ1n) is 8.76. The third-order valence-electron chi connectivity index (χ3n) is 4.27. The van der Waals surface area contributed by atoms with Crippen LogP contribution in [0.4, 0.5) is 11.6 Å². The van der Waals surface area contributed by atoms with Crippen LogP contribution in [0.25, 0.3) is 0 Å². The highest BCUT2D eigenvalue weighted by Crippen LogP contribution is 2.27. The molecule has 0 aliphatic carbocycles. The quantitative estimate of drug-likeness (QED) is 0.653. The normalized spacial score (nSPS) is 10.2. The summed E-state index contributed by atoms with van der Waals surface area (Å²) in [6.07, 6.45) is 0. The second-order valence-electron chi connectivity index (χ2n) is 6.11. The number of aromatic nitrogens is 2. The molecule has 1 aromatic heterocycles. The number of carbonyl (C=O) groups excluding carboxylic acids is 1. The van der Waals surface area contributed by atoms with Gasteiger partial charge in [0, 0.05) is 12.1 Å². The zero-order chi connectivity index (χ0) is 19.9. The van der Waals surface area contributed by atoms with Crippen molar-refractivity contribution in [3.63, 3.8) is 0 Å². The highest BCUT2D eigenvalue weighted by molar-refractivity contribution is 6.04. The zero-order valence-electron chi connectivity index (χ0n) is 16.0. The molecule has 3 aromatic rings. The third kappa shape index (κ3) is 4.56. The van der Waals surface area contributed by atoms with E-state index in [0.717, 1.165) is 0 Å². The molecule has 0 fully saturated rings. The van der Waals surface area contributed by atoms with Crippen LogP contribution in [0.15, 0.2) is 54.6 Å². The van der Waals surface area contributed by atoms with Gasteiger partial charge in [-0.3, -0.25) is 4.79 Å². The van der Waals surface area contributed by atoms with Crippen LogP contribution in [0.5, 0.6) is 11.5 Å². The molecule has 144 valence electrons. The molecule has 28 heavy (non-hydrogen) atoms. The van der Waals surface area contributed by atoms with Crippen molar-refractivity contribution in [3.05, 3.63) is 71.3 Å². The summed E-state index contributed by atoms with van der Waals surface area (Å²) in [5, 5.41) is 14.1. The third-order valence-corrected chi connectivity index (χ3v) is 4.27. The van der Waals surface area contributed by atoms with Crippen LogP contribution in [-0.2, 0) is 6.54 Å². The number of methoxy groups -OCH3 is 2. The van der Waals surface area contributed by atoms with E-state index in [4.69, 9.17) is 9.47 Å². The summed E-state index contributed by atoms with van der Waals surface area (Å²) in [6.45, 7) is 2.72. The van der Waals surface area contributed by atoms with E-state index in [0.29, 0.717) is 35.2 Å². The maximum Gasteiger partial charge on any atom is 0.257 e. The zero-order valence-corrected chi connectivity index (χ0v) is 16.0. The number of hydrogen-bond donors (Lipinski definition) is 2. The van der Waals surface area contributed by atoms with Crippen molar-refractivity contribution in [2.75, 3.05) is 24.9 Å². The second-order valence-corrected chi connectivity index (χ2v) is 6.11. The van der Waals surface area contributed by atoms with Gasteiger partial charge in [-0.2, -0.15) is 0 Å².